The quantitative estimate of drug-likeness (QED) is 0.634. The van der Waals surface area contributed by atoms with E-state index in [2.05, 4.69) is 48.3 Å². The van der Waals surface area contributed by atoms with Gasteiger partial charge in [0.25, 0.3) is 0 Å². The molecule has 0 saturated heterocycles. The minimum absolute atomic E-state index is 0.490. The summed E-state index contributed by atoms with van der Waals surface area (Å²) >= 11 is 0. The van der Waals surface area contributed by atoms with Gasteiger partial charge in [0.2, 0.25) is 0 Å². The van der Waals surface area contributed by atoms with Gasteiger partial charge in [0.15, 0.2) is 0 Å². The molecule has 10 heavy (non-hydrogen) atoms. The van der Waals surface area contributed by atoms with Gasteiger partial charge in [-0.25, -0.2) is 3.71 Å². The van der Waals surface area contributed by atoms with Crippen molar-refractivity contribution in [2.45, 2.75) is 0 Å². The van der Waals surface area contributed by atoms with Gasteiger partial charge in [0.1, 0.15) is 0 Å². The first-order valence-corrected chi connectivity index (χ1v) is 8.89. The van der Waals surface area contributed by atoms with E-state index >= 15 is 0 Å². The van der Waals surface area contributed by atoms with Crippen LogP contribution in [0.2, 0.25) is 0 Å². The molecule has 3 heteroatoms. The first-order valence-electron chi connectivity index (χ1n) is 3.26. The Morgan fingerprint density at radius 1 is 0.700 bits per heavy atom. The molecule has 0 atom stereocenters. The molecule has 0 aliphatic heterocycles. The average molecular weight is 183 g/mol. The maximum atomic E-state index is 2.54. The zero-order valence-corrected chi connectivity index (χ0v) is 9.90. The van der Waals surface area contributed by atoms with Crippen molar-refractivity contribution >= 4 is 20.4 Å². The van der Waals surface area contributed by atoms with Gasteiger partial charge in [-0.1, -0.05) is 0 Å². The fourth-order valence-electron chi connectivity index (χ4n) is 0.671. The summed E-state index contributed by atoms with van der Waals surface area (Å²) in [5, 5.41) is 0. The molecule has 0 aromatic carbocycles. The van der Waals surface area contributed by atoms with Gasteiger partial charge >= 0.3 is 0 Å². The molecule has 0 bridgehead atoms. The van der Waals surface area contributed by atoms with Crippen LogP contribution >= 0.6 is 20.4 Å². The van der Waals surface area contributed by atoms with Crippen LogP contribution in [0, 0.1) is 0 Å². The highest BCUT2D eigenvalue weighted by atomic mass is 32.3. The topological polar surface area (TPSA) is 3.24 Å². The van der Waals surface area contributed by atoms with Gasteiger partial charge in [-0.15, -0.1) is 0 Å². The summed E-state index contributed by atoms with van der Waals surface area (Å²) < 4.78 is 2.54. The molecule has 0 heterocycles. The summed E-state index contributed by atoms with van der Waals surface area (Å²) in [5.74, 6) is 0. The van der Waals surface area contributed by atoms with Gasteiger partial charge in [-0.2, -0.15) is 20.4 Å². The smallest absolute Gasteiger partial charge is 0.00541 e. The van der Waals surface area contributed by atoms with Crippen molar-refractivity contribution in [3.05, 3.63) is 0 Å². The van der Waals surface area contributed by atoms with E-state index in [1.807, 2.05) is 0 Å². The summed E-state index contributed by atoms with van der Waals surface area (Å²) in [6, 6.07) is 0. The van der Waals surface area contributed by atoms with Crippen LogP contribution in [0.25, 0.3) is 0 Å². The normalized spacial score (nSPS) is 17.6. The van der Waals surface area contributed by atoms with E-state index < -0.39 is 20.4 Å². The third-order valence-corrected chi connectivity index (χ3v) is 7.31. The molecule has 0 saturated carbocycles. The minimum Gasteiger partial charge on any atom is -0.235 e. The molecule has 0 N–H and O–H groups in total. The van der Waals surface area contributed by atoms with Gasteiger partial charge < -0.3 is 0 Å². The van der Waals surface area contributed by atoms with Crippen LogP contribution < -0.4 is 0 Å². The maximum absolute atomic E-state index is 2.54. The fraction of sp³-hybridized carbons (Fsp3) is 1.00. The van der Waals surface area contributed by atoms with E-state index in [1.165, 1.54) is 0 Å². The van der Waals surface area contributed by atoms with Crippen LogP contribution in [0.5, 0.6) is 0 Å². The number of hydrogen-bond acceptors (Lipinski definition) is 1. The monoisotopic (exact) mass is 183 g/mol. The molecule has 0 aliphatic carbocycles. The minimum atomic E-state index is -0.490. The molecule has 1 nitrogen and oxygen atoms in total. The third kappa shape index (κ3) is 3.17. The number of hydrogen-bond donors (Lipinski definition) is 0. The molecule has 0 fully saturated rings. The Morgan fingerprint density at radius 3 is 0.900 bits per heavy atom. The number of rotatable bonds is 2. The first-order chi connectivity index (χ1) is 4.15. The second-order valence-corrected chi connectivity index (χ2v) is 12.4. The lowest BCUT2D eigenvalue weighted by Gasteiger charge is -2.48. The van der Waals surface area contributed by atoms with Gasteiger partial charge in [-0.05, 0) is 37.5 Å². The molecule has 0 spiro atoms. The van der Waals surface area contributed by atoms with E-state index in [1.54, 1.807) is 0 Å². The van der Waals surface area contributed by atoms with Crippen molar-refractivity contribution in [2.75, 3.05) is 44.6 Å². The SMILES string of the molecule is CN(S(C)(C)C)S(C)(C)C. The lowest BCUT2D eigenvalue weighted by molar-refractivity contribution is 0.904. The van der Waals surface area contributed by atoms with E-state index in [-0.39, 0.29) is 0 Å². The zero-order valence-electron chi connectivity index (χ0n) is 8.26. The predicted octanol–water partition coefficient (Wildman–Crippen LogP) is 2.14. The van der Waals surface area contributed by atoms with Gasteiger partial charge in [-0.3, -0.25) is 0 Å². The highest BCUT2D eigenvalue weighted by Gasteiger charge is 2.19. The summed E-state index contributed by atoms with van der Waals surface area (Å²) in [6.07, 6.45) is 14.0. The molecule has 0 radical (unpaired) electrons. The van der Waals surface area contributed by atoms with Crippen molar-refractivity contribution in [3.8, 4) is 0 Å². The van der Waals surface area contributed by atoms with Crippen LogP contribution in [0.1, 0.15) is 0 Å². The standard InChI is InChI=1S/C7H21NS2/c1-8(9(2,3)4)10(5,6)7/h1-7H3. The van der Waals surface area contributed by atoms with Crippen molar-refractivity contribution < 1.29 is 0 Å². The van der Waals surface area contributed by atoms with Crippen LogP contribution in [0.15, 0.2) is 0 Å². The highest BCUT2D eigenvalue weighted by molar-refractivity contribution is 8.43. The Morgan fingerprint density at radius 2 is 0.900 bits per heavy atom. The Bertz CT molecular complexity index is 95.8. The van der Waals surface area contributed by atoms with E-state index in [0.29, 0.717) is 0 Å². The van der Waals surface area contributed by atoms with Crippen molar-refractivity contribution in [2.24, 2.45) is 0 Å². The molecule has 0 aromatic rings. The highest BCUT2D eigenvalue weighted by Crippen LogP contribution is 2.55. The van der Waals surface area contributed by atoms with Crippen molar-refractivity contribution in [3.63, 3.8) is 0 Å². The molecule has 0 amide bonds. The first kappa shape index (κ1) is 10.7. The van der Waals surface area contributed by atoms with Crippen molar-refractivity contribution in [1.82, 2.24) is 3.71 Å². The summed E-state index contributed by atoms with van der Waals surface area (Å²) in [5.41, 5.74) is 0. The fourth-order valence-corrected chi connectivity index (χ4v) is 6.04. The molecule has 0 aliphatic rings. The molecule has 0 aromatic heterocycles. The molecular weight excluding hydrogens is 162 g/mol. The van der Waals surface area contributed by atoms with Crippen LogP contribution in [0.3, 0.4) is 0 Å². The summed E-state index contributed by atoms with van der Waals surface area (Å²) in [4.78, 5) is 0. The molecule has 0 unspecified atom stereocenters. The van der Waals surface area contributed by atoms with Crippen LogP contribution in [0.4, 0.5) is 0 Å². The molecule has 0 rings (SSSR count). The second kappa shape index (κ2) is 2.95. The lowest BCUT2D eigenvalue weighted by Crippen LogP contribution is -2.23. The largest absolute Gasteiger partial charge is 0.235 e. The van der Waals surface area contributed by atoms with Crippen LogP contribution in [-0.4, -0.2) is 48.3 Å². The van der Waals surface area contributed by atoms with E-state index in [4.69, 9.17) is 0 Å². The molecular formula is C7H21NS2. The summed E-state index contributed by atoms with van der Waals surface area (Å²) in [7, 11) is 1.26. The number of nitrogens with zero attached hydrogens (tertiary/aromatic N) is 1. The Labute approximate surface area is 69.1 Å². The lowest BCUT2D eigenvalue weighted by atomic mass is 11.6. The predicted molar refractivity (Wildman–Crippen MR) is 58.5 cm³/mol. The maximum Gasteiger partial charge on any atom is 0.00541 e. The average Bonchev–Trinajstić information content (AvgIpc) is 1.59. The summed E-state index contributed by atoms with van der Waals surface area (Å²) in [6.45, 7) is 0. The van der Waals surface area contributed by atoms with Crippen LogP contribution in [-0.2, 0) is 0 Å². The Hall–Kier alpha value is 0.660. The van der Waals surface area contributed by atoms with E-state index in [9.17, 15) is 0 Å². The van der Waals surface area contributed by atoms with E-state index in [0.717, 1.165) is 0 Å². The second-order valence-electron chi connectivity index (χ2n) is 3.98. The zero-order chi connectivity index (χ0) is 8.58. The van der Waals surface area contributed by atoms with Gasteiger partial charge in [0, 0.05) is 7.05 Å². The Kier molecular flexibility index (Phi) is 3.15. The molecule has 66 valence electrons. The van der Waals surface area contributed by atoms with Crippen molar-refractivity contribution in [1.29, 1.82) is 0 Å². The third-order valence-electron chi connectivity index (χ3n) is 1.54. The van der Waals surface area contributed by atoms with Gasteiger partial charge in [0.05, 0.1) is 0 Å². The Balaban J connectivity index is 4.23.